The fourth-order valence-electron chi connectivity index (χ4n) is 2.20. The highest BCUT2D eigenvalue weighted by Gasteiger charge is 2.22. The highest BCUT2D eigenvalue weighted by atomic mass is 32.2. The van der Waals surface area contributed by atoms with Crippen molar-refractivity contribution in [1.82, 2.24) is 10.1 Å². The molecule has 0 aliphatic carbocycles. The van der Waals surface area contributed by atoms with Crippen molar-refractivity contribution in [2.24, 2.45) is 5.10 Å². The third kappa shape index (κ3) is 5.44. The molecule has 1 unspecified atom stereocenters. The molecule has 28 heavy (non-hydrogen) atoms. The molecular formula is C18H20N4O5S. The van der Waals surface area contributed by atoms with Crippen LogP contribution < -0.4 is 10.1 Å². The van der Waals surface area contributed by atoms with Crippen LogP contribution in [0, 0.1) is 17.0 Å². The molecule has 9 nitrogen and oxygen atoms in total. The average molecular weight is 404 g/mol. The van der Waals surface area contributed by atoms with E-state index in [0.29, 0.717) is 5.71 Å². The Kier molecular flexibility index (Phi) is 6.60. The molecule has 0 aliphatic heterocycles. The third-order valence-electron chi connectivity index (χ3n) is 3.89. The minimum Gasteiger partial charge on any atom is -0.271 e. The van der Waals surface area contributed by atoms with E-state index in [9.17, 15) is 23.3 Å². The zero-order valence-electron chi connectivity index (χ0n) is 15.5. The van der Waals surface area contributed by atoms with Gasteiger partial charge in [0.1, 0.15) is 0 Å². The Bertz CT molecular complexity index is 999. The summed E-state index contributed by atoms with van der Waals surface area (Å²) in [5, 5.41) is 14.6. The number of non-ortho nitro benzene ring substituents is 1. The summed E-state index contributed by atoms with van der Waals surface area (Å²) in [6.45, 7) is 5.04. The third-order valence-corrected chi connectivity index (χ3v) is 5.44. The van der Waals surface area contributed by atoms with Gasteiger partial charge in [-0.25, -0.2) is 13.8 Å². The lowest BCUT2D eigenvalue weighted by Crippen LogP contribution is -2.43. The predicted octanol–water partition coefficient (Wildman–Crippen LogP) is 2.11. The first-order valence-corrected chi connectivity index (χ1v) is 9.76. The summed E-state index contributed by atoms with van der Waals surface area (Å²) in [4.78, 5) is 22.0. The summed E-state index contributed by atoms with van der Waals surface area (Å²) in [6, 6.07) is 10.8. The molecule has 0 fully saturated rings. The fourth-order valence-corrected chi connectivity index (χ4v) is 3.40. The Balaban J connectivity index is 2.03. The number of amides is 1. The largest absolute Gasteiger partial charge is 0.271 e. The average Bonchev–Trinajstić information content (AvgIpc) is 2.66. The summed E-state index contributed by atoms with van der Waals surface area (Å²) in [7, 11) is -4.02. The molecule has 0 aromatic heterocycles. The molecule has 0 saturated carbocycles. The maximum absolute atomic E-state index is 12.3. The first-order valence-electron chi connectivity index (χ1n) is 8.28. The van der Waals surface area contributed by atoms with E-state index in [-0.39, 0.29) is 10.6 Å². The van der Waals surface area contributed by atoms with Crippen LogP contribution >= 0.6 is 0 Å². The Morgan fingerprint density at radius 3 is 2.21 bits per heavy atom. The van der Waals surface area contributed by atoms with Crippen molar-refractivity contribution in [3.63, 3.8) is 0 Å². The van der Waals surface area contributed by atoms with E-state index in [0.717, 1.165) is 35.4 Å². The number of rotatable bonds is 7. The highest BCUT2D eigenvalue weighted by molar-refractivity contribution is 7.89. The topological polar surface area (TPSA) is 131 Å². The van der Waals surface area contributed by atoms with E-state index in [1.807, 2.05) is 31.2 Å². The smallest absolute Gasteiger partial charge is 0.269 e. The number of nitro benzene ring substituents is 1. The maximum Gasteiger partial charge on any atom is 0.269 e. The van der Waals surface area contributed by atoms with Gasteiger partial charge in [0.25, 0.3) is 11.6 Å². The molecule has 1 amide bonds. The van der Waals surface area contributed by atoms with Crippen LogP contribution in [-0.2, 0) is 14.8 Å². The van der Waals surface area contributed by atoms with Gasteiger partial charge < -0.3 is 0 Å². The molecule has 0 spiro atoms. The normalized spacial score (nSPS) is 13.0. The molecule has 1 atom stereocenters. The van der Waals surface area contributed by atoms with Gasteiger partial charge in [-0.15, -0.1) is 0 Å². The van der Waals surface area contributed by atoms with Crippen LogP contribution in [-0.4, -0.2) is 31.0 Å². The molecule has 2 aromatic carbocycles. The predicted molar refractivity (Wildman–Crippen MR) is 104 cm³/mol. The van der Waals surface area contributed by atoms with Gasteiger partial charge in [-0.05, 0) is 38.5 Å². The van der Waals surface area contributed by atoms with Crippen molar-refractivity contribution in [1.29, 1.82) is 0 Å². The quantitative estimate of drug-likeness (QED) is 0.414. The number of nitrogens with zero attached hydrogens (tertiary/aromatic N) is 2. The number of carbonyl (C=O) groups is 1. The molecule has 2 rings (SSSR count). The molecule has 0 aliphatic rings. The summed E-state index contributed by atoms with van der Waals surface area (Å²) >= 11 is 0. The second-order valence-corrected chi connectivity index (χ2v) is 7.85. The second kappa shape index (κ2) is 8.72. The van der Waals surface area contributed by atoms with Crippen LogP contribution in [0.2, 0.25) is 0 Å². The molecular weight excluding hydrogens is 384 g/mol. The van der Waals surface area contributed by atoms with Crippen LogP contribution in [0.15, 0.2) is 58.5 Å². The number of nitro groups is 1. The molecule has 0 bridgehead atoms. The molecule has 2 N–H and O–H groups in total. The molecule has 0 radical (unpaired) electrons. The van der Waals surface area contributed by atoms with Crippen molar-refractivity contribution in [3.8, 4) is 0 Å². The van der Waals surface area contributed by atoms with Crippen molar-refractivity contribution in [2.45, 2.75) is 31.7 Å². The van der Waals surface area contributed by atoms with Gasteiger partial charge in [-0.3, -0.25) is 14.9 Å². The minimum atomic E-state index is -4.02. The van der Waals surface area contributed by atoms with E-state index < -0.39 is 26.9 Å². The Labute approximate surface area is 162 Å². The monoisotopic (exact) mass is 404 g/mol. The van der Waals surface area contributed by atoms with Crippen molar-refractivity contribution in [2.75, 3.05) is 0 Å². The van der Waals surface area contributed by atoms with E-state index in [1.54, 1.807) is 6.92 Å². The first kappa shape index (κ1) is 21.2. The lowest BCUT2D eigenvalue weighted by molar-refractivity contribution is -0.384. The number of nitrogens with one attached hydrogen (secondary N) is 2. The Hall–Kier alpha value is -3.11. The molecule has 10 heteroatoms. The molecule has 0 heterocycles. The number of hydrazone groups is 1. The number of aryl methyl sites for hydroxylation is 1. The van der Waals surface area contributed by atoms with E-state index >= 15 is 0 Å². The summed E-state index contributed by atoms with van der Waals surface area (Å²) in [6.07, 6.45) is 0. The van der Waals surface area contributed by atoms with Crippen LogP contribution in [0.5, 0.6) is 0 Å². The minimum absolute atomic E-state index is 0.183. The van der Waals surface area contributed by atoms with Gasteiger partial charge in [0.05, 0.1) is 21.6 Å². The SMILES string of the molecule is C/C(=N/NC(=O)C(C)NS(=O)(=O)c1ccc([N+](=O)[O-])cc1)c1ccc(C)cc1. The van der Waals surface area contributed by atoms with E-state index in [4.69, 9.17) is 0 Å². The van der Waals surface area contributed by atoms with Crippen molar-refractivity contribution < 1.29 is 18.1 Å². The van der Waals surface area contributed by atoms with Gasteiger partial charge in [-0.1, -0.05) is 29.8 Å². The van der Waals surface area contributed by atoms with Gasteiger partial charge in [-0.2, -0.15) is 9.82 Å². The number of hydrogen-bond acceptors (Lipinski definition) is 6. The van der Waals surface area contributed by atoms with Gasteiger partial charge >= 0.3 is 0 Å². The van der Waals surface area contributed by atoms with Crippen LogP contribution in [0.4, 0.5) is 5.69 Å². The summed E-state index contributed by atoms with van der Waals surface area (Å²) in [5.41, 5.74) is 4.58. The van der Waals surface area contributed by atoms with Crippen LogP contribution in [0.25, 0.3) is 0 Å². The zero-order chi connectivity index (χ0) is 20.9. The number of sulfonamides is 1. The standard InChI is InChI=1S/C18H20N4O5S/c1-12-4-6-15(7-5-12)13(2)19-20-18(23)14(3)21-28(26,27)17-10-8-16(9-11-17)22(24)25/h4-11,14,21H,1-3H3,(H,20,23)/b19-13-. The zero-order valence-corrected chi connectivity index (χ0v) is 16.4. The van der Waals surface area contributed by atoms with E-state index in [1.165, 1.54) is 6.92 Å². The lowest BCUT2D eigenvalue weighted by Gasteiger charge is -2.13. The van der Waals surface area contributed by atoms with Crippen LogP contribution in [0.3, 0.4) is 0 Å². The van der Waals surface area contributed by atoms with Gasteiger partial charge in [0.15, 0.2) is 0 Å². The first-order chi connectivity index (χ1) is 13.1. The molecule has 2 aromatic rings. The number of hydrogen-bond donors (Lipinski definition) is 2. The summed E-state index contributed by atoms with van der Waals surface area (Å²) < 4.78 is 26.9. The van der Waals surface area contributed by atoms with Gasteiger partial charge in [0.2, 0.25) is 10.0 Å². The number of benzene rings is 2. The second-order valence-electron chi connectivity index (χ2n) is 6.13. The maximum atomic E-state index is 12.3. The molecule has 0 saturated heterocycles. The van der Waals surface area contributed by atoms with Crippen molar-refractivity contribution >= 4 is 27.3 Å². The Morgan fingerprint density at radius 2 is 1.68 bits per heavy atom. The van der Waals surface area contributed by atoms with Gasteiger partial charge in [0, 0.05) is 12.1 Å². The summed E-state index contributed by atoms with van der Waals surface area (Å²) in [5.74, 6) is -0.642. The lowest BCUT2D eigenvalue weighted by atomic mass is 10.1. The fraction of sp³-hybridized carbons (Fsp3) is 0.222. The van der Waals surface area contributed by atoms with E-state index in [2.05, 4.69) is 15.2 Å². The highest BCUT2D eigenvalue weighted by Crippen LogP contribution is 2.16. The van der Waals surface area contributed by atoms with Crippen LogP contribution in [0.1, 0.15) is 25.0 Å². The Morgan fingerprint density at radius 1 is 1.11 bits per heavy atom. The number of carbonyl (C=O) groups excluding carboxylic acids is 1. The van der Waals surface area contributed by atoms with Crippen molar-refractivity contribution in [3.05, 3.63) is 69.8 Å². The molecule has 148 valence electrons.